The molecule has 0 saturated carbocycles. The van der Waals surface area contributed by atoms with Crippen LogP contribution in [0.4, 0.5) is 5.69 Å². The third-order valence-corrected chi connectivity index (χ3v) is 3.38. The summed E-state index contributed by atoms with van der Waals surface area (Å²) in [6.45, 7) is 5.01. The van der Waals surface area contributed by atoms with Crippen molar-refractivity contribution in [2.75, 3.05) is 19.5 Å². The van der Waals surface area contributed by atoms with Crippen molar-refractivity contribution in [3.63, 3.8) is 0 Å². The van der Waals surface area contributed by atoms with Gasteiger partial charge in [0, 0.05) is 12.6 Å². The highest BCUT2D eigenvalue weighted by atomic mass is 16.5. The van der Waals surface area contributed by atoms with E-state index in [2.05, 4.69) is 37.4 Å². The maximum atomic E-state index is 5.38. The lowest BCUT2D eigenvalue weighted by molar-refractivity contribution is 0.395. The molecule has 0 aliphatic heterocycles. The molecule has 0 saturated heterocycles. The predicted octanol–water partition coefficient (Wildman–Crippen LogP) is 3.93. The lowest BCUT2D eigenvalue weighted by Gasteiger charge is -2.14. The molecule has 1 N–H and O–H groups in total. The molecule has 0 heterocycles. The smallest absolute Gasteiger partial charge is 0.145 e. The van der Waals surface area contributed by atoms with Gasteiger partial charge in [-0.3, -0.25) is 0 Å². The van der Waals surface area contributed by atoms with Crippen molar-refractivity contribution in [1.29, 1.82) is 0 Å². The maximum Gasteiger partial charge on any atom is 0.145 e. The predicted molar refractivity (Wildman–Crippen MR) is 82.8 cm³/mol. The van der Waals surface area contributed by atoms with E-state index in [-0.39, 0.29) is 0 Å². The van der Waals surface area contributed by atoms with Gasteiger partial charge < -0.3 is 14.8 Å². The van der Waals surface area contributed by atoms with E-state index in [0.717, 1.165) is 23.7 Å². The van der Waals surface area contributed by atoms with E-state index in [1.54, 1.807) is 14.2 Å². The van der Waals surface area contributed by atoms with Gasteiger partial charge in [-0.1, -0.05) is 23.8 Å². The van der Waals surface area contributed by atoms with Crippen LogP contribution < -0.4 is 14.8 Å². The molecule has 2 rings (SSSR count). The molecule has 0 spiro atoms. The normalized spacial score (nSPS) is 10.2. The number of aryl methyl sites for hydroxylation is 2. The third-order valence-electron chi connectivity index (χ3n) is 3.38. The van der Waals surface area contributed by atoms with Crippen molar-refractivity contribution < 1.29 is 9.47 Å². The maximum absolute atomic E-state index is 5.38. The Morgan fingerprint density at radius 1 is 0.950 bits per heavy atom. The van der Waals surface area contributed by atoms with Crippen LogP contribution in [0.15, 0.2) is 36.4 Å². The zero-order valence-electron chi connectivity index (χ0n) is 12.5. The molecule has 0 amide bonds. The van der Waals surface area contributed by atoms with Crippen molar-refractivity contribution in [3.05, 3.63) is 53.1 Å². The van der Waals surface area contributed by atoms with E-state index in [1.807, 2.05) is 18.2 Å². The number of benzene rings is 2. The van der Waals surface area contributed by atoms with E-state index >= 15 is 0 Å². The van der Waals surface area contributed by atoms with E-state index < -0.39 is 0 Å². The van der Waals surface area contributed by atoms with Crippen molar-refractivity contribution in [2.24, 2.45) is 0 Å². The highest BCUT2D eigenvalue weighted by Gasteiger charge is 2.05. The van der Waals surface area contributed by atoms with Crippen LogP contribution in [-0.2, 0) is 6.54 Å². The highest BCUT2D eigenvalue weighted by molar-refractivity contribution is 5.59. The summed E-state index contributed by atoms with van der Waals surface area (Å²) in [4.78, 5) is 0. The standard InChI is InChI=1S/C17H21NO2/c1-12-5-6-14(13(2)9-12)11-18-16-8-7-15(19-3)10-17(16)20-4/h5-10,18H,11H2,1-4H3. The molecular weight excluding hydrogens is 250 g/mol. The lowest BCUT2D eigenvalue weighted by Crippen LogP contribution is -2.03. The van der Waals surface area contributed by atoms with Crippen LogP contribution in [0.2, 0.25) is 0 Å². The minimum atomic E-state index is 0.773. The fraction of sp³-hybridized carbons (Fsp3) is 0.294. The molecule has 3 heteroatoms. The second-order valence-corrected chi connectivity index (χ2v) is 4.85. The highest BCUT2D eigenvalue weighted by Crippen LogP contribution is 2.29. The topological polar surface area (TPSA) is 30.5 Å². The number of nitrogens with one attached hydrogen (secondary N) is 1. The molecule has 0 aliphatic rings. The largest absolute Gasteiger partial charge is 0.497 e. The molecule has 0 radical (unpaired) electrons. The Balaban J connectivity index is 2.14. The molecule has 0 atom stereocenters. The number of hydrogen-bond acceptors (Lipinski definition) is 3. The summed E-state index contributed by atoms with van der Waals surface area (Å²) in [5, 5.41) is 3.41. The molecule has 20 heavy (non-hydrogen) atoms. The van der Waals surface area contributed by atoms with Crippen LogP contribution >= 0.6 is 0 Å². The summed E-state index contributed by atoms with van der Waals surface area (Å²) in [6.07, 6.45) is 0. The monoisotopic (exact) mass is 271 g/mol. The molecule has 0 unspecified atom stereocenters. The van der Waals surface area contributed by atoms with Gasteiger partial charge >= 0.3 is 0 Å². The van der Waals surface area contributed by atoms with E-state index in [0.29, 0.717) is 0 Å². The van der Waals surface area contributed by atoms with Crippen molar-refractivity contribution in [3.8, 4) is 11.5 Å². The first-order valence-corrected chi connectivity index (χ1v) is 6.66. The number of anilines is 1. The Morgan fingerprint density at radius 3 is 2.40 bits per heavy atom. The van der Waals surface area contributed by atoms with Crippen molar-refractivity contribution >= 4 is 5.69 Å². The Morgan fingerprint density at radius 2 is 1.75 bits per heavy atom. The molecule has 3 nitrogen and oxygen atoms in total. The van der Waals surface area contributed by atoms with Crippen LogP contribution in [0.1, 0.15) is 16.7 Å². The van der Waals surface area contributed by atoms with Crippen LogP contribution in [-0.4, -0.2) is 14.2 Å². The Hall–Kier alpha value is -2.16. The lowest BCUT2D eigenvalue weighted by atomic mass is 10.1. The second kappa shape index (κ2) is 6.33. The van der Waals surface area contributed by atoms with Crippen molar-refractivity contribution in [1.82, 2.24) is 0 Å². The second-order valence-electron chi connectivity index (χ2n) is 4.85. The Bertz CT molecular complexity index is 594. The zero-order chi connectivity index (χ0) is 14.5. The van der Waals surface area contributed by atoms with Gasteiger partial charge in [0.05, 0.1) is 19.9 Å². The van der Waals surface area contributed by atoms with Gasteiger partial charge in [-0.15, -0.1) is 0 Å². The number of hydrogen-bond donors (Lipinski definition) is 1. The van der Waals surface area contributed by atoms with Crippen LogP contribution in [0.5, 0.6) is 11.5 Å². The Labute approximate surface area is 120 Å². The molecule has 0 aromatic heterocycles. The van der Waals surface area contributed by atoms with Gasteiger partial charge in [-0.25, -0.2) is 0 Å². The first-order chi connectivity index (χ1) is 9.63. The summed E-state index contributed by atoms with van der Waals surface area (Å²) in [5.74, 6) is 1.58. The van der Waals surface area contributed by atoms with Gasteiger partial charge in [0.2, 0.25) is 0 Å². The quantitative estimate of drug-likeness (QED) is 0.893. The molecular formula is C17H21NO2. The molecule has 0 fully saturated rings. The number of ether oxygens (including phenoxy) is 2. The van der Waals surface area contributed by atoms with Crippen LogP contribution in [0, 0.1) is 13.8 Å². The molecule has 0 bridgehead atoms. The van der Waals surface area contributed by atoms with Crippen molar-refractivity contribution in [2.45, 2.75) is 20.4 Å². The first-order valence-electron chi connectivity index (χ1n) is 6.66. The summed E-state index contributed by atoms with van der Waals surface area (Å²) in [5.41, 5.74) is 4.83. The van der Waals surface area contributed by atoms with Gasteiger partial charge in [0.15, 0.2) is 0 Å². The van der Waals surface area contributed by atoms with E-state index in [1.165, 1.54) is 16.7 Å². The van der Waals surface area contributed by atoms with Gasteiger partial charge in [0.1, 0.15) is 11.5 Å². The van der Waals surface area contributed by atoms with Crippen LogP contribution in [0.3, 0.4) is 0 Å². The number of rotatable bonds is 5. The summed E-state index contributed by atoms with van der Waals surface area (Å²) in [6, 6.07) is 12.3. The minimum absolute atomic E-state index is 0.773. The third kappa shape index (κ3) is 3.23. The van der Waals surface area contributed by atoms with Gasteiger partial charge in [-0.05, 0) is 37.1 Å². The minimum Gasteiger partial charge on any atom is -0.497 e. The zero-order valence-corrected chi connectivity index (χ0v) is 12.5. The van der Waals surface area contributed by atoms with E-state index in [9.17, 15) is 0 Å². The van der Waals surface area contributed by atoms with E-state index in [4.69, 9.17) is 9.47 Å². The molecule has 2 aromatic rings. The average Bonchev–Trinajstić information content (AvgIpc) is 2.46. The van der Waals surface area contributed by atoms with Gasteiger partial charge in [-0.2, -0.15) is 0 Å². The van der Waals surface area contributed by atoms with Crippen LogP contribution in [0.25, 0.3) is 0 Å². The fourth-order valence-electron chi connectivity index (χ4n) is 2.18. The fourth-order valence-corrected chi connectivity index (χ4v) is 2.18. The molecule has 0 aliphatic carbocycles. The summed E-state index contributed by atoms with van der Waals surface area (Å²) in [7, 11) is 3.31. The average molecular weight is 271 g/mol. The SMILES string of the molecule is COc1ccc(NCc2ccc(C)cc2C)c(OC)c1. The Kier molecular flexibility index (Phi) is 4.51. The summed E-state index contributed by atoms with van der Waals surface area (Å²) < 4.78 is 10.6. The van der Waals surface area contributed by atoms with Gasteiger partial charge in [0.25, 0.3) is 0 Å². The number of methoxy groups -OCH3 is 2. The first kappa shape index (κ1) is 14.3. The molecule has 106 valence electrons. The molecule has 2 aromatic carbocycles. The summed E-state index contributed by atoms with van der Waals surface area (Å²) >= 11 is 0.